The average Bonchev–Trinajstić information content (AvgIpc) is 2.93. The molecule has 0 spiro atoms. The average molecular weight is 378 g/mol. The summed E-state index contributed by atoms with van der Waals surface area (Å²) in [5.74, 6) is -0.349. The van der Waals surface area contributed by atoms with Gasteiger partial charge in [-0.25, -0.2) is 9.37 Å². The minimum atomic E-state index is -4.53. The monoisotopic (exact) mass is 378 g/mol. The van der Waals surface area contributed by atoms with Crippen molar-refractivity contribution in [3.63, 3.8) is 0 Å². The maximum atomic E-state index is 12.9. The number of hydrogen-bond acceptors (Lipinski definition) is 3. The number of aromatic hydroxyl groups is 1. The summed E-state index contributed by atoms with van der Waals surface area (Å²) in [6, 6.07) is 5.05. The van der Waals surface area contributed by atoms with Crippen molar-refractivity contribution in [1.82, 2.24) is 4.98 Å². The molecule has 1 aliphatic heterocycles. The van der Waals surface area contributed by atoms with Crippen LogP contribution in [-0.4, -0.2) is 27.2 Å². The van der Waals surface area contributed by atoms with Crippen LogP contribution in [0.4, 0.5) is 17.6 Å². The first-order valence-corrected chi connectivity index (χ1v) is 8.47. The van der Waals surface area contributed by atoms with Crippen LogP contribution in [0.2, 0.25) is 0 Å². The summed E-state index contributed by atoms with van der Waals surface area (Å²) in [4.78, 5) is 4.38. The molecule has 1 aromatic heterocycles. The third-order valence-electron chi connectivity index (χ3n) is 4.77. The molecular weight excluding hydrogens is 362 g/mol. The number of aryl methyl sites for hydroxylation is 1. The lowest BCUT2D eigenvalue weighted by atomic mass is 9.84. The summed E-state index contributed by atoms with van der Waals surface area (Å²) in [5, 5.41) is 15.2. The largest absolute Gasteiger partial charge is 0.507 e. The normalized spacial score (nSPS) is 22.8. The standard InChI is InChI=1S/C19H15F4N3O/c1-10-4-13(19(21,22)23)7-16(27)17(10)15-3-2-12-9-26(25-18(12)24-15)8-11-5-14(20)6-11/h2-4,7-9,11,14H,5-6H2,1H3/p+1/b26-8-. The number of pyridine rings is 1. The van der Waals surface area contributed by atoms with E-state index in [4.69, 9.17) is 0 Å². The predicted octanol–water partition coefficient (Wildman–Crippen LogP) is 2.90. The molecular formula is C19H16F4N3O+. The predicted molar refractivity (Wildman–Crippen MR) is 90.3 cm³/mol. The fourth-order valence-electron chi connectivity index (χ4n) is 3.33. The van der Waals surface area contributed by atoms with Gasteiger partial charge >= 0.3 is 6.18 Å². The van der Waals surface area contributed by atoms with Crippen LogP contribution < -0.4 is 10.7 Å². The van der Waals surface area contributed by atoms with Crippen LogP contribution in [0.25, 0.3) is 17.5 Å². The zero-order chi connectivity index (χ0) is 19.3. The molecule has 0 saturated heterocycles. The van der Waals surface area contributed by atoms with Gasteiger partial charge in [0.15, 0.2) is 6.21 Å². The molecule has 0 atom stereocenters. The molecule has 1 aliphatic carbocycles. The smallest absolute Gasteiger partial charge is 0.416 e. The van der Waals surface area contributed by atoms with E-state index in [1.54, 1.807) is 23.0 Å². The summed E-state index contributed by atoms with van der Waals surface area (Å²) in [7, 11) is 0. The van der Waals surface area contributed by atoms with Gasteiger partial charge in [0.2, 0.25) is 11.7 Å². The first-order valence-electron chi connectivity index (χ1n) is 8.47. The van der Waals surface area contributed by atoms with Gasteiger partial charge in [0.1, 0.15) is 11.9 Å². The van der Waals surface area contributed by atoms with Crippen molar-refractivity contribution < 1.29 is 27.4 Å². The second-order valence-corrected chi connectivity index (χ2v) is 6.88. The van der Waals surface area contributed by atoms with Crippen molar-refractivity contribution in [3.8, 4) is 17.0 Å². The fraction of sp³-hybridized carbons (Fsp3) is 0.316. The molecule has 2 aliphatic rings. The van der Waals surface area contributed by atoms with Crippen LogP contribution in [-0.2, 0) is 6.18 Å². The van der Waals surface area contributed by atoms with E-state index in [1.807, 2.05) is 6.21 Å². The molecule has 27 heavy (non-hydrogen) atoms. The summed E-state index contributed by atoms with van der Waals surface area (Å²) in [6.45, 7) is 1.49. The second-order valence-electron chi connectivity index (χ2n) is 6.88. The van der Waals surface area contributed by atoms with Crippen molar-refractivity contribution in [2.45, 2.75) is 32.1 Å². The van der Waals surface area contributed by atoms with Gasteiger partial charge in [-0.15, -0.1) is 0 Å². The van der Waals surface area contributed by atoms with Gasteiger partial charge in [-0.05, 0) is 49.6 Å². The SMILES string of the molecule is Cc1cc(C(F)(F)F)cc(O)c1-c1ccc2c(n1)=N/[N+](=C\C1CC(F)C1)C=2. The maximum absolute atomic E-state index is 12.9. The van der Waals surface area contributed by atoms with Crippen molar-refractivity contribution in [1.29, 1.82) is 0 Å². The lowest BCUT2D eigenvalue weighted by molar-refractivity contribution is -0.425. The molecule has 4 nitrogen and oxygen atoms in total. The maximum Gasteiger partial charge on any atom is 0.416 e. The van der Waals surface area contributed by atoms with Gasteiger partial charge in [-0.1, -0.05) is 4.68 Å². The number of hydrogen-bond donors (Lipinski definition) is 1. The molecule has 8 heteroatoms. The molecule has 0 radical (unpaired) electrons. The van der Waals surface area contributed by atoms with E-state index in [-0.39, 0.29) is 17.0 Å². The number of halogens is 4. The number of alkyl halides is 4. The van der Waals surface area contributed by atoms with Crippen LogP contribution in [0.15, 0.2) is 29.4 Å². The Hall–Kier alpha value is -2.77. The highest BCUT2D eigenvalue weighted by molar-refractivity contribution is 5.71. The fourth-order valence-corrected chi connectivity index (χ4v) is 3.33. The number of phenolic OH excluding ortho intramolecular Hbond substituents is 1. The Morgan fingerprint density at radius 1 is 1.22 bits per heavy atom. The summed E-state index contributed by atoms with van der Waals surface area (Å²) < 4.78 is 53.2. The van der Waals surface area contributed by atoms with Gasteiger partial charge in [0, 0.05) is 16.6 Å². The molecule has 0 unspecified atom stereocenters. The number of nitrogens with zero attached hydrogens (tertiary/aromatic N) is 3. The third-order valence-corrected chi connectivity index (χ3v) is 4.77. The van der Waals surface area contributed by atoms with Gasteiger partial charge in [-0.2, -0.15) is 13.2 Å². The Bertz CT molecular complexity index is 1050. The Morgan fingerprint density at radius 3 is 2.59 bits per heavy atom. The highest BCUT2D eigenvalue weighted by Crippen LogP contribution is 2.38. The summed E-state index contributed by atoms with van der Waals surface area (Å²) in [5.41, 5.74) is 0.335. The van der Waals surface area contributed by atoms with Gasteiger partial charge in [0.25, 0.3) is 0 Å². The van der Waals surface area contributed by atoms with Gasteiger partial charge in [-0.3, -0.25) is 0 Å². The van der Waals surface area contributed by atoms with Crippen molar-refractivity contribution in [2.24, 2.45) is 11.0 Å². The van der Waals surface area contributed by atoms with E-state index in [1.165, 1.54) is 6.92 Å². The zero-order valence-corrected chi connectivity index (χ0v) is 14.3. The molecule has 1 fully saturated rings. The lowest BCUT2D eigenvalue weighted by Gasteiger charge is -2.23. The number of fused-ring (bicyclic) bond motifs is 1. The third kappa shape index (κ3) is 3.31. The second kappa shape index (κ2) is 6.14. The molecule has 2 aromatic rings. The van der Waals surface area contributed by atoms with E-state index in [0.717, 1.165) is 11.3 Å². The highest BCUT2D eigenvalue weighted by Gasteiger charge is 2.33. The van der Waals surface area contributed by atoms with E-state index >= 15 is 0 Å². The molecule has 1 N–H and O–H groups in total. The van der Waals surface area contributed by atoms with Crippen LogP contribution >= 0.6 is 0 Å². The van der Waals surface area contributed by atoms with E-state index in [0.29, 0.717) is 30.1 Å². The first-order chi connectivity index (χ1) is 12.7. The Labute approximate surface area is 151 Å². The van der Waals surface area contributed by atoms with Crippen molar-refractivity contribution >= 4 is 12.4 Å². The lowest BCUT2D eigenvalue weighted by Crippen LogP contribution is -2.27. The molecule has 140 valence electrons. The van der Waals surface area contributed by atoms with Crippen molar-refractivity contribution in [3.05, 3.63) is 46.1 Å². The van der Waals surface area contributed by atoms with Gasteiger partial charge < -0.3 is 5.11 Å². The number of rotatable bonds is 2. The van der Waals surface area contributed by atoms with Crippen LogP contribution in [0.1, 0.15) is 24.0 Å². The van der Waals surface area contributed by atoms with E-state index < -0.39 is 23.7 Å². The summed E-state index contributed by atoms with van der Waals surface area (Å²) >= 11 is 0. The molecule has 2 heterocycles. The minimum Gasteiger partial charge on any atom is -0.507 e. The van der Waals surface area contributed by atoms with Crippen LogP contribution in [0, 0.1) is 12.8 Å². The molecule has 1 aromatic carbocycles. The quantitative estimate of drug-likeness (QED) is 0.645. The molecule has 0 bridgehead atoms. The van der Waals surface area contributed by atoms with E-state index in [2.05, 4.69) is 10.1 Å². The summed E-state index contributed by atoms with van der Waals surface area (Å²) in [6.07, 6.45) is -0.741. The number of phenols is 1. The molecule has 4 rings (SSSR count). The van der Waals surface area contributed by atoms with Crippen molar-refractivity contribution in [2.75, 3.05) is 0 Å². The molecule has 1 saturated carbocycles. The minimum absolute atomic E-state index is 0.134. The Balaban J connectivity index is 1.72. The first kappa shape index (κ1) is 17.6. The van der Waals surface area contributed by atoms with Crippen LogP contribution in [0.3, 0.4) is 0 Å². The Morgan fingerprint density at radius 2 is 1.96 bits per heavy atom. The number of benzene rings is 1. The highest BCUT2D eigenvalue weighted by atomic mass is 19.4. The van der Waals surface area contributed by atoms with Gasteiger partial charge in [0.05, 0.1) is 16.5 Å². The zero-order valence-electron chi connectivity index (χ0n) is 14.3. The van der Waals surface area contributed by atoms with Crippen LogP contribution in [0.5, 0.6) is 5.75 Å². The topological polar surface area (TPSA) is 48.5 Å². The van der Waals surface area contributed by atoms with E-state index in [9.17, 15) is 22.7 Å². The Kier molecular flexibility index (Phi) is 4.01. The molecule has 0 amide bonds. The number of aromatic nitrogens is 1.